The third kappa shape index (κ3) is 4.34. The molecule has 0 aliphatic heterocycles. The largest absolute Gasteiger partial charge is 0.573 e. The average Bonchev–Trinajstić information content (AvgIpc) is 3.19. The molecule has 0 saturated heterocycles. The molecule has 5 N–H and O–H groups in total. The second-order valence-corrected chi connectivity index (χ2v) is 7.59. The minimum atomic E-state index is -4.89. The lowest BCUT2D eigenvalue weighted by molar-refractivity contribution is -0.274. The number of allylic oxidation sites excluding steroid dienone is 1. The third-order valence-electron chi connectivity index (χ3n) is 5.56. The van der Waals surface area contributed by atoms with Gasteiger partial charge in [-0.1, -0.05) is 18.2 Å². The number of rotatable bonds is 6. The summed E-state index contributed by atoms with van der Waals surface area (Å²) in [6, 6.07) is 10.7. The van der Waals surface area contributed by atoms with Crippen molar-refractivity contribution in [3.8, 4) is 11.5 Å². The van der Waals surface area contributed by atoms with Crippen molar-refractivity contribution in [3.05, 3.63) is 54.2 Å². The van der Waals surface area contributed by atoms with Gasteiger partial charge >= 0.3 is 6.36 Å². The van der Waals surface area contributed by atoms with Gasteiger partial charge in [-0.25, -0.2) is 4.98 Å². The van der Waals surface area contributed by atoms with Gasteiger partial charge in [0.15, 0.2) is 11.6 Å². The molecule has 0 spiro atoms. The Hall–Kier alpha value is -3.23. The van der Waals surface area contributed by atoms with E-state index in [1.807, 2.05) is 30.3 Å². The molecule has 4 rings (SSSR count). The Morgan fingerprint density at radius 1 is 1.17 bits per heavy atom. The quantitative estimate of drug-likeness (QED) is 0.615. The Bertz CT molecular complexity index is 966. The smallest absolute Gasteiger partial charge is 0.490 e. The van der Waals surface area contributed by atoms with Gasteiger partial charge in [0.2, 0.25) is 0 Å². The number of nitrogens with two attached hydrogens (primary N) is 2. The van der Waals surface area contributed by atoms with E-state index in [4.69, 9.17) is 21.6 Å². The van der Waals surface area contributed by atoms with Crippen LogP contribution in [0.2, 0.25) is 0 Å². The van der Waals surface area contributed by atoms with Crippen LogP contribution in [0, 0.1) is 23.2 Å². The highest BCUT2D eigenvalue weighted by molar-refractivity contribution is 6.01. The van der Waals surface area contributed by atoms with Gasteiger partial charge in [0.05, 0.1) is 6.10 Å². The normalized spacial score (nSPS) is 25.5. The van der Waals surface area contributed by atoms with E-state index < -0.39 is 12.1 Å². The Morgan fingerprint density at radius 2 is 1.83 bits per heavy atom. The van der Waals surface area contributed by atoms with E-state index in [0.29, 0.717) is 17.5 Å². The molecule has 2 aliphatic carbocycles. The van der Waals surface area contributed by atoms with E-state index in [2.05, 4.69) is 9.72 Å². The summed E-state index contributed by atoms with van der Waals surface area (Å²) >= 11 is 0. The molecule has 2 saturated carbocycles. The summed E-state index contributed by atoms with van der Waals surface area (Å²) in [5.41, 5.74) is 12.1. The maximum Gasteiger partial charge on any atom is 0.573 e. The molecule has 0 radical (unpaired) electrons. The van der Waals surface area contributed by atoms with Crippen molar-refractivity contribution in [2.45, 2.75) is 25.3 Å². The fourth-order valence-corrected chi connectivity index (χ4v) is 4.21. The Morgan fingerprint density at radius 3 is 2.47 bits per heavy atom. The molecule has 2 fully saturated rings. The minimum absolute atomic E-state index is 0.0896. The number of alkyl halides is 3. The Kier molecular flexibility index (Phi) is 5.05. The summed E-state index contributed by atoms with van der Waals surface area (Å²) in [7, 11) is 0. The molecular weight excluding hydrogens is 397 g/mol. The number of hydrogen-bond donors (Lipinski definition) is 3. The van der Waals surface area contributed by atoms with Crippen LogP contribution in [0.25, 0.3) is 5.70 Å². The van der Waals surface area contributed by atoms with E-state index in [1.165, 1.54) is 12.3 Å². The van der Waals surface area contributed by atoms with E-state index in [9.17, 15) is 13.2 Å². The Labute approximate surface area is 171 Å². The zero-order chi connectivity index (χ0) is 21.5. The third-order valence-corrected chi connectivity index (χ3v) is 5.56. The van der Waals surface area contributed by atoms with E-state index >= 15 is 0 Å². The molecule has 1 heterocycles. The van der Waals surface area contributed by atoms with Crippen molar-refractivity contribution in [1.29, 1.82) is 5.41 Å². The van der Waals surface area contributed by atoms with Gasteiger partial charge in [0, 0.05) is 29.1 Å². The molecule has 1 aromatic heterocycles. The van der Waals surface area contributed by atoms with Crippen molar-refractivity contribution in [3.63, 3.8) is 0 Å². The summed E-state index contributed by atoms with van der Waals surface area (Å²) in [6.07, 6.45) is -0.281. The lowest BCUT2D eigenvalue weighted by atomic mass is 10.0. The summed E-state index contributed by atoms with van der Waals surface area (Å²) in [5.74, 6) is 0.652. The van der Waals surface area contributed by atoms with Crippen LogP contribution in [0.5, 0.6) is 11.5 Å². The highest BCUT2D eigenvalue weighted by Crippen LogP contribution is 2.58. The maximum absolute atomic E-state index is 12.5. The topological polar surface area (TPSA) is 107 Å². The first-order chi connectivity index (χ1) is 14.2. The van der Waals surface area contributed by atoms with Gasteiger partial charge in [-0.2, -0.15) is 0 Å². The second kappa shape index (κ2) is 7.55. The highest BCUT2D eigenvalue weighted by Gasteiger charge is 2.58. The number of nitrogen functional groups attached to an aromatic ring is 1. The highest BCUT2D eigenvalue weighted by atomic mass is 19.4. The van der Waals surface area contributed by atoms with Crippen LogP contribution in [-0.4, -0.2) is 23.2 Å². The van der Waals surface area contributed by atoms with Crippen molar-refractivity contribution in [2.24, 2.45) is 23.5 Å². The molecule has 2 atom stereocenters. The van der Waals surface area contributed by atoms with Crippen molar-refractivity contribution in [1.82, 2.24) is 4.98 Å². The van der Waals surface area contributed by atoms with Gasteiger partial charge in [0.1, 0.15) is 5.75 Å². The number of para-hydroxylation sites is 1. The van der Waals surface area contributed by atoms with Gasteiger partial charge in [0.25, 0.3) is 0 Å². The molecule has 2 unspecified atom stereocenters. The number of benzene rings is 1. The summed E-state index contributed by atoms with van der Waals surface area (Å²) in [5, 5.41) is 8.36. The minimum Gasteiger partial charge on any atom is -0.490 e. The van der Waals surface area contributed by atoms with Gasteiger partial charge in [-0.15, -0.1) is 13.2 Å². The van der Waals surface area contributed by atoms with E-state index in [1.54, 1.807) is 0 Å². The van der Waals surface area contributed by atoms with Crippen molar-refractivity contribution < 1.29 is 22.6 Å². The maximum atomic E-state index is 12.5. The number of ether oxygens (including phenoxy) is 2. The Balaban J connectivity index is 1.37. The van der Waals surface area contributed by atoms with Crippen LogP contribution in [-0.2, 0) is 0 Å². The lowest BCUT2D eigenvalue weighted by Crippen LogP contribution is -2.19. The predicted octanol–water partition coefficient (Wildman–Crippen LogP) is 3.99. The number of nitrogens with zero attached hydrogens (tertiary/aromatic N) is 1. The van der Waals surface area contributed by atoms with Gasteiger partial charge in [-0.05, 0) is 49.0 Å². The molecule has 30 heavy (non-hydrogen) atoms. The number of hydrogen-bond acceptors (Lipinski definition) is 6. The molecule has 158 valence electrons. The van der Waals surface area contributed by atoms with Gasteiger partial charge in [-0.3, -0.25) is 0 Å². The van der Waals surface area contributed by atoms with Gasteiger partial charge < -0.3 is 26.4 Å². The van der Waals surface area contributed by atoms with Crippen LogP contribution in [0.4, 0.5) is 19.0 Å². The number of fused-ring (bicyclic) bond motifs is 1. The first-order valence-corrected chi connectivity index (χ1v) is 9.50. The van der Waals surface area contributed by atoms with Crippen molar-refractivity contribution in [2.75, 3.05) is 5.73 Å². The number of halogens is 3. The van der Waals surface area contributed by atoms with E-state index in [-0.39, 0.29) is 29.1 Å². The molecule has 9 heteroatoms. The van der Waals surface area contributed by atoms with Crippen LogP contribution < -0.4 is 20.9 Å². The van der Waals surface area contributed by atoms with Crippen LogP contribution >= 0.6 is 0 Å². The molecule has 2 aromatic rings. The lowest BCUT2D eigenvalue weighted by Gasteiger charge is -2.17. The molecule has 2 aliphatic rings. The summed E-state index contributed by atoms with van der Waals surface area (Å²) in [6.45, 7) is 0. The average molecular weight is 418 g/mol. The predicted molar refractivity (Wildman–Crippen MR) is 106 cm³/mol. The fourth-order valence-electron chi connectivity index (χ4n) is 4.21. The first-order valence-electron chi connectivity index (χ1n) is 9.50. The molecule has 6 nitrogen and oxygen atoms in total. The fraction of sp³-hybridized carbons (Fsp3) is 0.333. The van der Waals surface area contributed by atoms with Crippen LogP contribution in [0.1, 0.15) is 18.4 Å². The van der Waals surface area contributed by atoms with Crippen LogP contribution in [0.3, 0.4) is 0 Å². The van der Waals surface area contributed by atoms with Crippen molar-refractivity contribution >= 4 is 17.2 Å². The number of aromatic nitrogens is 1. The zero-order valence-corrected chi connectivity index (χ0v) is 15.9. The molecule has 0 amide bonds. The zero-order valence-electron chi connectivity index (χ0n) is 15.9. The van der Waals surface area contributed by atoms with Crippen LogP contribution in [0.15, 0.2) is 48.7 Å². The number of pyridine rings is 1. The molecular formula is C21H21F3N4O2. The number of anilines is 1. The second-order valence-electron chi connectivity index (χ2n) is 7.59. The molecule has 0 bridgehead atoms. The standard InChI is InChI=1S/C21H21F3N4O2/c22-21(23,24)30-18-6-11(10-28-20(18)27)16(25)9-17(26)19-14-7-13(8-15(14)19)29-12-4-2-1-3-5-12/h1-6,9-10,13-15,19,26H,7-8,25H2,(H2,27,28). The first kappa shape index (κ1) is 20.1. The number of nitrogens with one attached hydrogen (secondary N) is 1. The molecule has 1 aromatic carbocycles. The SMILES string of the molecule is N=C(C=C(N)c1cnc(N)c(OC(F)(F)F)c1)C1C2CC(Oc3ccccc3)CC21. The summed E-state index contributed by atoms with van der Waals surface area (Å²) in [4.78, 5) is 3.70. The van der Waals surface area contributed by atoms with E-state index in [0.717, 1.165) is 24.7 Å². The summed E-state index contributed by atoms with van der Waals surface area (Å²) < 4.78 is 47.3. The monoisotopic (exact) mass is 418 g/mol.